The summed E-state index contributed by atoms with van der Waals surface area (Å²) in [6.45, 7) is 8.72. The predicted octanol–water partition coefficient (Wildman–Crippen LogP) is 6.04. The fourth-order valence-electron chi connectivity index (χ4n) is 5.14. The summed E-state index contributed by atoms with van der Waals surface area (Å²) in [7, 11) is 0. The number of likely N-dealkylation sites (tertiary alicyclic amines) is 1. The van der Waals surface area contributed by atoms with Gasteiger partial charge in [0.2, 0.25) is 0 Å². The number of ether oxygens (including phenoxy) is 1. The van der Waals surface area contributed by atoms with Crippen LogP contribution >= 0.6 is 22.6 Å². The molecule has 1 aliphatic carbocycles. The zero-order valence-electron chi connectivity index (χ0n) is 17.8. The van der Waals surface area contributed by atoms with Gasteiger partial charge in [-0.15, -0.1) is 0 Å². The number of hydrogen-bond acceptors (Lipinski definition) is 2. The normalized spacial score (nSPS) is 23.5. The van der Waals surface area contributed by atoms with Crippen molar-refractivity contribution in [2.75, 3.05) is 6.54 Å². The third-order valence-electron chi connectivity index (χ3n) is 6.37. The van der Waals surface area contributed by atoms with Gasteiger partial charge < -0.3 is 9.64 Å². The van der Waals surface area contributed by atoms with Crippen molar-refractivity contribution < 1.29 is 9.53 Å². The zero-order chi connectivity index (χ0) is 20.8. The molecule has 29 heavy (non-hydrogen) atoms. The number of amides is 1. The summed E-state index contributed by atoms with van der Waals surface area (Å²) in [6.07, 6.45) is 3.80. The quantitative estimate of drug-likeness (QED) is 0.468. The van der Waals surface area contributed by atoms with E-state index >= 15 is 0 Å². The first-order valence-corrected chi connectivity index (χ1v) is 11.6. The summed E-state index contributed by atoms with van der Waals surface area (Å²) in [6, 6.07) is 15.9. The van der Waals surface area contributed by atoms with E-state index in [1.807, 2.05) is 25.7 Å². The van der Waals surface area contributed by atoms with Crippen LogP contribution in [-0.2, 0) is 23.0 Å². The van der Waals surface area contributed by atoms with Crippen molar-refractivity contribution in [2.24, 2.45) is 0 Å². The maximum absolute atomic E-state index is 13.0. The molecule has 0 radical (unpaired) electrons. The van der Waals surface area contributed by atoms with Gasteiger partial charge in [0.25, 0.3) is 0 Å². The second-order valence-corrected chi connectivity index (χ2v) is 10.8. The van der Waals surface area contributed by atoms with E-state index in [1.54, 1.807) is 0 Å². The standard InChI is InChI=1S/C25H30INO2/c1-17-5-7-18(8-6-17)16-25-13-14-27(23(28)29-24(2,3)4)22(25)12-9-19-15-20(26)10-11-21(19)25/h5-8,10-11,15,22H,9,12-14,16H2,1-4H3. The third-order valence-corrected chi connectivity index (χ3v) is 7.04. The van der Waals surface area contributed by atoms with Crippen LogP contribution in [-0.4, -0.2) is 29.2 Å². The van der Waals surface area contributed by atoms with Crippen LogP contribution < -0.4 is 0 Å². The molecule has 0 spiro atoms. The van der Waals surface area contributed by atoms with E-state index < -0.39 is 5.60 Å². The van der Waals surface area contributed by atoms with Crippen LogP contribution in [0.25, 0.3) is 0 Å². The molecule has 2 aromatic rings. The van der Waals surface area contributed by atoms with Gasteiger partial charge in [-0.3, -0.25) is 0 Å². The number of hydrogen-bond donors (Lipinski definition) is 0. The number of aryl methyl sites for hydroxylation is 2. The molecule has 4 rings (SSSR count). The summed E-state index contributed by atoms with van der Waals surface area (Å²) in [4.78, 5) is 15.0. The average Bonchev–Trinajstić information content (AvgIpc) is 3.01. The molecule has 1 aliphatic heterocycles. The summed E-state index contributed by atoms with van der Waals surface area (Å²) < 4.78 is 7.06. The van der Waals surface area contributed by atoms with E-state index in [1.165, 1.54) is 25.8 Å². The minimum absolute atomic E-state index is 0.0376. The van der Waals surface area contributed by atoms with Crippen LogP contribution in [0.15, 0.2) is 42.5 Å². The number of carbonyl (C=O) groups is 1. The lowest BCUT2D eigenvalue weighted by molar-refractivity contribution is 0.0180. The molecular formula is C25H30INO2. The van der Waals surface area contributed by atoms with Gasteiger partial charge in [-0.05, 0) is 105 Å². The Balaban J connectivity index is 1.74. The molecule has 1 saturated heterocycles. The van der Waals surface area contributed by atoms with Crippen molar-refractivity contribution >= 4 is 28.7 Å². The van der Waals surface area contributed by atoms with Gasteiger partial charge in [-0.25, -0.2) is 4.79 Å². The smallest absolute Gasteiger partial charge is 0.410 e. The summed E-state index contributed by atoms with van der Waals surface area (Å²) in [5.41, 5.74) is 5.00. The Bertz CT molecular complexity index is 915. The van der Waals surface area contributed by atoms with Crippen molar-refractivity contribution in [2.45, 2.75) is 70.4 Å². The molecule has 1 amide bonds. The molecule has 2 aromatic carbocycles. The zero-order valence-corrected chi connectivity index (χ0v) is 20.0. The molecule has 2 atom stereocenters. The Labute approximate surface area is 188 Å². The lowest BCUT2D eigenvalue weighted by atomic mass is 9.64. The highest BCUT2D eigenvalue weighted by Crippen LogP contribution is 2.49. The first kappa shape index (κ1) is 20.7. The van der Waals surface area contributed by atoms with Gasteiger partial charge in [-0.2, -0.15) is 0 Å². The van der Waals surface area contributed by atoms with Crippen LogP contribution in [0.3, 0.4) is 0 Å². The van der Waals surface area contributed by atoms with Crippen molar-refractivity contribution in [1.29, 1.82) is 0 Å². The Morgan fingerprint density at radius 2 is 1.93 bits per heavy atom. The van der Waals surface area contributed by atoms with E-state index in [0.717, 1.165) is 32.2 Å². The Kier molecular flexibility index (Phi) is 5.43. The number of carbonyl (C=O) groups excluding carboxylic acids is 1. The van der Waals surface area contributed by atoms with Crippen LogP contribution in [0.5, 0.6) is 0 Å². The van der Waals surface area contributed by atoms with Gasteiger partial charge >= 0.3 is 6.09 Å². The fourth-order valence-corrected chi connectivity index (χ4v) is 5.70. The minimum Gasteiger partial charge on any atom is -0.444 e. The highest BCUT2D eigenvalue weighted by atomic mass is 127. The largest absolute Gasteiger partial charge is 0.444 e. The molecule has 154 valence electrons. The highest BCUT2D eigenvalue weighted by molar-refractivity contribution is 14.1. The van der Waals surface area contributed by atoms with Crippen molar-refractivity contribution in [3.05, 3.63) is 68.3 Å². The Morgan fingerprint density at radius 1 is 1.21 bits per heavy atom. The molecule has 0 bridgehead atoms. The van der Waals surface area contributed by atoms with E-state index in [9.17, 15) is 4.79 Å². The molecule has 0 saturated carbocycles. The molecule has 2 aliphatic rings. The molecule has 2 unspecified atom stereocenters. The van der Waals surface area contributed by atoms with Crippen LogP contribution in [0, 0.1) is 10.5 Å². The van der Waals surface area contributed by atoms with Gasteiger partial charge in [0.15, 0.2) is 0 Å². The Morgan fingerprint density at radius 3 is 2.62 bits per heavy atom. The number of benzene rings is 2. The number of fused-ring (bicyclic) bond motifs is 3. The first-order valence-electron chi connectivity index (χ1n) is 10.5. The fraction of sp³-hybridized carbons (Fsp3) is 0.480. The molecule has 0 N–H and O–H groups in total. The highest BCUT2D eigenvalue weighted by Gasteiger charge is 2.53. The average molecular weight is 503 g/mol. The van der Waals surface area contributed by atoms with Crippen LogP contribution in [0.1, 0.15) is 55.9 Å². The van der Waals surface area contributed by atoms with Crippen LogP contribution in [0.4, 0.5) is 4.79 Å². The maximum Gasteiger partial charge on any atom is 0.410 e. The van der Waals surface area contributed by atoms with E-state index in [0.29, 0.717) is 0 Å². The van der Waals surface area contributed by atoms with Gasteiger partial charge in [0.1, 0.15) is 5.60 Å². The molecular weight excluding hydrogens is 473 g/mol. The SMILES string of the molecule is Cc1ccc(CC23CCN(C(=O)OC(C)(C)C)C2CCc2cc(I)ccc23)cc1. The lowest BCUT2D eigenvalue weighted by Crippen LogP contribution is -2.50. The lowest BCUT2D eigenvalue weighted by Gasteiger charge is -2.43. The number of rotatable bonds is 2. The van der Waals surface area contributed by atoms with Crippen molar-refractivity contribution in [1.82, 2.24) is 4.90 Å². The number of nitrogens with zero attached hydrogens (tertiary/aromatic N) is 1. The molecule has 3 nitrogen and oxygen atoms in total. The maximum atomic E-state index is 13.0. The van der Waals surface area contributed by atoms with E-state index in [2.05, 4.69) is 72.0 Å². The second kappa shape index (κ2) is 7.60. The van der Waals surface area contributed by atoms with E-state index in [4.69, 9.17) is 4.74 Å². The monoisotopic (exact) mass is 503 g/mol. The number of halogens is 1. The molecule has 4 heteroatoms. The van der Waals surface area contributed by atoms with Crippen molar-refractivity contribution in [3.8, 4) is 0 Å². The van der Waals surface area contributed by atoms with Gasteiger partial charge in [0.05, 0.1) is 0 Å². The van der Waals surface area contributed by atoms with Gasteiger partial charge in [0, 0.05) is 21.6 Å². The van der Waals surface area contributed by atoms with Gasteiger partial charge in [-0.1, -0.05) is 35.9 Å². The summed E-state index contributed by atoms with van der Waals surface area (Å²) >= 11 is 2.40. The second-order valence-electron chi connectivity index (χ2n) is 9.60. The van der Waals surface area contributed by atoms with Crippen LogP contribution in [0.2, 0.25) is 0 Å². The summed E-state index contributed by atoms with van der Waals surface area (Å²) in [5, 5.41) is 0. The Hall–Kier alpha value is -1.56. The predicted molar refractivity (Wildman–Crippen MR) is 125 cm³/mol. The van der Waals surface area contributed by atoms with E-state index in [-0.39, 0.29) is 17.6 Å². The first-order chi connectivity index (χ1) is 13.7. The molecule has 0 aromatic heterocycles. The summed E-state index contributed by atoms with van der Waals surface area (Å²) in [5.74, 6) is 0. The van der Waals surface area contributed by atoms with Crippen molar-refractivity contribution in [3.63, 3.8) is 0 Å². The molecule has 1 heterocycles. The minimum atomic E-state index is -0.470. The topological polar surface area (TPSA) is 29.5 Å². The third kappa shape index (κ3) is 4.05. The molecule has 1 fully saturated rings.